The minimum Gasteiger partial charge on any atom is -0.347 e. The molecule has 3 nitrogen and oxygen atoms in total. The second kappa shape index (κ2) is 5.15. The van der Waals surface area contributed by atoms with Gasteiger partial charge in [0.15, 0.2) is 0 Å². The van der Waals surface area contributed by atoms with Gasteiger partial charge in [-0.2, -0.15) is 0 Å². The molecule has 0 amide bonds. The molecule has 0 radical (unpaired) electrons. The van der Waals surface area contributed by atoms with Crippen LogP contribution in [-0.4, -0.2) is 9.97 Å². The van der Waals surface area contributed by atoms with E-state index in [1.807, 2.05) is 17.5 Å². The van der Waals surface area contributed by atoms with Crippen molar-refractivity contribution in [3.8, 4) is 0 Å². The molecular formula is C15H17N3S. The van der Waals surface area contributed by atoms with E-state index < -0.39 is 0 Å². The van der Waals surface area contributed by atoms with E-state index >= 15 is 0 Å². The van der Waals surface area contributed by atoms with Crippen LogP contribution < -0.4 is 5.32 Å². The zero-order chi connectivity index (χ0) is 13.2. The van der Waals surface area contributed by atoms with Crippen molar-refractivity contribution in [1.82, 2.24) is 15.3 Å². The average molecular weight is 271 g/mol. The van der Waals surface area contributed by atoms with Crippen molar-refractivity contribution < 1.29 is 0 Å². The van der Waals surface area contributed by atoms with Crippen molar-refractivity contribution in [3.63, 3.8) is 0 Å². The van der Waals surface area contributed by atoms with Crippen LogP contribution in [0.2, 0.25) is 0 Å². The van der Waals surface area contributed by atoms with Crippen LogP contribution in [-0.2, 0) is 0 Å². The Balaban J connectivity index is 1.78. The number of aromatic nitrogens is 2. The third kappa shape index (κ3) is 2.55. The number of rotatable bonds is 4. The highest BCUT2D eigenvalue weighted by Gasteiger charge is 2.14. The Kier molecular flexibility index (Phi) is 3.36. The van der Waals surface area contributed by atoms with Gasteiger partial charge >= 0.3 is 0 Å². The topological polar surface area (TPSA) is 40.7 Å². The van der Waals surface area contributed by atoms with Crippen LogP contribution in [0.5, 0.6) is 0 Å². The first-order valence-electron chi connectivity index (χ1n) is 6.48. The van der Waals surface area contributed by atoms with Crippen molar-refractivity contribution in [1.29, 1.82) is 0 Å². The van der Waals surface area contributed by atoms with E-state index in [4.69, 9.17) is 0 Å². The van der Waals surface area contributed by atoms with Gasteiger partial charge in [0.1, 0.15) is 5.82 Å². The minimum absolute atomic E-state index is 0.218. The molecule has 4 heteroatoms. The summed E-state index contributed by atoms with van der Waals surface area (Å²) >= 11 is 1.85. The number of fused-ring (bicyclic) bond motifs is 1. The third-order valence-corrected chi connectivity index (χ3v) is 4.60. The van der Waals surface area contributed by atoms with Gasteiger partial charge in [0, 0.05) is 28.0 Å². The van der Waals surface area contributed by atoms with Crippen molar-refractivity contribution in [3.05, 3.63) is 53.4 Å². The van der Waals surface area contributed by atoms with Crippen LogP contribution in [0.25, 0.3) is 10.1 Å². The molecule has 2 N–H and O–H groups in total. The second-order valence-electron chi connectivity index (χ2n) is 4.77. The molecule has 0 spiro atoms. The number of H-pyrrole nitrogens is 1. The van der Waals surface area contributed by atoms with Crippen molar-refractivity contribution in [2.24, 2.45) is 0 Å². The number of nitrogens with zero attached hydrogens (tertiary/aromatic N) is 1. The van der Waals surface area contributed by atoms with E-state index in [1.165, 1.54) is 15.0 Å². The van der Waals surface area contributed by atoms with Gasteiger partial charge in [-0.1, -0.05) is 18.2 Å². The van der Waals surface area contributed by atoms with Gasteiger partial charge in [-0.3, -0.25) is 0 Å². The van der Waals surface area contributed by atoms with Gasteiger partial charge in [-0.25, -0.2) is 4.98 Å². The quantitative estimate of drug-likeness (QED) is 0.752. The Bertz CT molecular complexity index is 624. The predicted octanol–water partition coefficient (Wildman–Crippen LogP) is 4.04. The van der Waals surface area contributed by atoms with Crippen molar-refractivity contribution in [2.45, 2.75) is 25.9 Å². The van der Waals surface area contributed by atoms with Gasteiger partial charge in [-0.05, 0) is 31.4 Å². The summed E-state index contributed by atoms with van der Waals surface area (Å²) in [4.78, 5) is 8.80. The van der Waals surface area contributed by atoms with Crippen LogP contribution in [0.15, 0.2) is 42.7 Å². The molecule has 1 aromatic carbocycles. The van der Waals surface area contributed by atoms with E-state index in [1.54, 1.807) is 6.20 Å². The molecule has 0 aliphatic rings. The number of aromatic amines is 1. The first-order chi connectivity index (χ1) is 9.24. The van der Waals surface area contributed by atoms with Crippen molar-refractivity contribution in [2.75, 3.05) is 0 Å². The maximum atomic E-state index is 4.29. The summed E-state index contributed by atoms with van der Waals surface area (Å²) in [6.45, 7) is 4.33. The number of hydrogen-bond acceptors (Lipinski definition) is 3. The lowest BCUT2D eigenvalue weighted by atomic mass is 10.2. The Labute approximate surface area is 116 Å². The second-order valence-corrected chi connectivity index (χ2v) is 5.89. The largest absolute Gasteiger partial charge is 0.347 e. The Hall–Kier alpha value is -1.65. The highest BCUT2D eigenvalue weighted by molar-refractivity contribution is 7.19. The lowest BCUT2D eigenvalue weighted by molar-refractivity contribution is 0.484. The smallest absolute Gasteiger partial charge is 0.122 e. The molecular weight excluding hydrogens is 254 g/mol. The molecule has 2 heterocycles. The molecule has 3 aromatic rings. The fourth-order valence-corrected chi connectivity index (χ4v) is 3.34. The third-order valence-electron chi connectivity index (χ3n) is 3.30. The zero-order valence-corrected chi connectivity index (χ0v) is 11.9. The first kappa shape index (κ1) is 12.4. The normalized spacial score (nSPS) is 14.6. The number of nitrogens with one attached hydrogen (secondary N) is 2. The molecule has 0 aliphatic heterocycles. The van der Waals surface area contributed by atoms with Crippen LogP contribution in [0.3, 0.4) is 0 Å². The van der Waals surface area contributed by atoms with E-state index in [0.717, 1.165) is 5.82 Å². The summed E-state index contributed by atoms with van der Waals surface area (Å²) in [6, 6.07) is 11.3. The van der Waals surface area contributed by atoms with E-state index in [2.05, 4.69) is 59.5 Å². The maximum Gasteiger partial charge on any atom is 0.122 e. The van der Waals surface area contributed by atoms with Gasteiger partial charge < -0.3 is 10.3 Å². The maximum absolute atomic E-state index is 4.29. The summed E-state index contributed by atoms with van der Waals surface area (Å²) in [6.07, 6.45) is 3.65. The van der Waals surface area contributed by atoms with Gasteiger partial charge in [-0.15, -0.1) is 11.3 Å². The van der Waals surface area contributed by atoms with Crippen LogP contribution >= 0.6 is 11.3 Å². The monoisotopic (exact) mass is 271 g/mol. The zero-order valence-electron chi connectivity index (χ0n) is 11.1. The van der Waals surface area contributed by atoms with E-state index in [-0.39, 0.29) is 6.04 Å². The standard InChI is InChI=1S/C15H17N3S/c1-10(18-11(2)15-16-7-8-17-15)14-9-12-5-3-4-6-13(12)19-14/h3-11,18H,1-2H3,(H,16,17). The fraction of sp³-hybridized carbons (Fsp3) is 0.267. The molecule has 2 atom stereocenters. The summed E-state index contributed by atoms with van der Waals surface area (Å²) in [5.74, 6) is 0.980. The number of thiophene rings is 1. The number of imidazole rings is 1. The average Bonchev–Trinajstić information content (AvgIpc) is 3.07. The fourth-order valence-electron chi connectivity index (χ4n) is 2.27. The molecule has 19 heavy (non-hydrogen) atoms. The van der Waals surface area contributed by atoms with Gasteiger partial charge in [0.05, 0.1) is 6.04 Å². The van der Waals surface area contributed by atoms with Crippen molar-refractivity contribution >= 4 is 21.4 Å². The summed E-state index contributed by atoms with van der Waals surface area (Å²) in [5, 5.41) is 4.90. The number of benzene rings is 1. The van der Waals surface area contributed by atoms with Gasteiger partial charge in [0.25, 0.3) is 0 Å². The first-order valence-corrected chi connectivity index (χ1v) is 7.29. The van der Waals surface area contributed by atoms with Crippen LogP contribution in [0.1, 0.15) is 36.6 Å². The molecule has 0 saturated heterocycles. The molecule has 0 bridgehead atoms. The highest BCUT2D eigenvalue weighted by Crippen LogP contribution is 2.30. The summed E-state index contributed by atoms with van der Waals surface area (Å²) in [7, 11) is 0. The van der Waals surface area contributed by atoms with Crippen LogP contribution in [0, 0.1) is 0 Å². The Morgan fingerprint density at radius 2 is 2.05 bits per heavy atom. The minimum atomic E-state index is 0.218. The van der Waals surface area contributed by atoms with E-state index in [9.17, 15) is 0 Å². The van der Waals surface area contributed by atoms with Crippen LogP contribution in [0.4, 0.5) is 0 Å². The lowest BCUT2D eigenvalue weighted by Gasteiger charge is -2.17. The Morgan fingerprint density at radius 3 is 2.79 bits per heavy atom. The molecule has 0 saturated carbocycles. The molecule has 0 aliphatic carbocycles. The summed E-state index contributed by atoms with van der Waals surface area (Å²) < 4.78 is 1.34. The highest BCUT2D eigenvalue weighted by atomic mass is 32.1. The molecule has 2 aromatic heterocycles. The lowest BCUT2D eigenvalue weighted by Crippen LogP contribution is -2.22. The van der Waals surface area contributed by atoms with E-state index in [0.29, 0.717) is 6.04 Å². The Morgan fingerprint density at radius 1 is 1.21 bits per heavy atom. The number of hydrogen-bond donors (Lipinski definition) is 2. The summed E-state index contributed by atoms with van der Waals surface area (Å²) in [5.41, 5.74) is 0. The molecule has 2 unspecified atom stereocenters. The molecule has 98 valence electrons. The predicted molar refractivity (Wildman–Crippen MR) is 80.4 cm³/mol. The molecule has 3 rings (SSSR count). The molecule has 0 fully saturated rings. The SMILES string of the molecule is CC(NC(C)c1cc2ccccc2s1)c1ncc[nH]1. The van der Waals surface area contributed by atoms with Gasteiger partial charge in [0.2, 0.25) is 0 Å².